The van der Waals surface area contributed by atoms with Crippen molar-refractivity contribution in [1.29, 1.82) is 0 Å². The number of hydrogen-bond acceptors (Lipinski definition) is 4. The predicted octanol–water partition coefficient (Wildman–Crippen LogP) is 0.998. The second-order valence-corrected chi connectivity index (χ2v) is 4.66. The van der Waals surface area contributed by atoms with Gasteiger partial charge in [0.05, 0.1) is 5.69 Å². The van der Waals surface area contributed by atoms with E-state index in [1.165, 1.54) is 12.1 Å². The maximum Gasteiger partial charge on any atom is 0.253 e. The third-order valence-electron chi connectivity index (χ3n) is 2.72. The molecule has 18 heavy (non-hydrogen) atoms. The lowest BCUT2D eigenvalue weighted by atomic mass is 10.1. The van der Waals surface area contributed by atoms with Crippen LogP contribution in [0.2, 0.25) is 0 Å². The van der Waals surface area contributed by atoms with Crippen molar-refractivity contribution in [2.45, 2.75) is 6.42 Å². The SMILES string of the molecule is CN(C)CCCN(C)C(=O)c1ccc(N)c(O)c1. The van der Waals surface area contributed by atoms with Gasteiger partial charge in [-0.15, -0.1) is 0 Å². The number of nitrogen functional groups attached to an aromatic ring is 1. The van der Waals surface area contributed by atoms with E-state index in [0.29, 0.717) is 12.1 Å². The zero-order chi connectivity index (χ0) is 13.7. The molecule has 1 aromatic rings. The second-order valence-electron chi connectivity index (χ2n) is 4.66. The van der Waals surface area contributed by atoms with Crippen molar-refractivity contribution >= 4 is 11.6 Å². The van der Waals surface area contributed by atoms with Crippen molar-refractivity contribution in [3.8, 4) is 5.75 Å². The molecule has 0 spiro atoms. The van der Waals surface area contributed by atoms with Gasteiger partial charge < -0.3 is 20.6 Å². The zero-order valence-electron chi connectivity index (χ0n) is 11.2. The molecule has 0 radical (unpaired) electrons. The van der Waals surface area contributed by atoms with Gasteiger partial charge >= 0.3 is 0 Å². The molecule has 1 amide bonds. The standard InChI is InChI=1S/C13H21N3O2/c1-15(2)7-4-8-16(3)13(18)10-5-6-11(14)12(17)9-10/h5-6,9,17H,4,7-8,14H2,1-3H3. The summed E-state index contributed by atoms with van der Waals surface area (Å²) in [6.07, 6.45) is 0.913. The Morgan fingerprint density at radius 3 is 2.50 bits per heavy atom. The van der Waals surface area contributed by atoms with Crippen molar-refractivity contribution < 1.29 is 9.90 Å². The fourth-order valence-electron chi connectivity index (χ4n) is 1.62. The molecule has 0 aliphatic rings. The zero-order valence-corrected chi connectivity index (χ0v) is 11.2. The van der Waals surface area contributed by atoms with E-state index in [0.717, 1.165) is 13.0 Å². The van der Waals surface area contributed by atoms with Gasteiger partial charge in [0.1, 0.15) is 5.75 Å². The molecule has 0 unspecified atom stereocenters. The van der Waals surface area contributed by atoms with E-state index < -0.39 is 0 Å². The number of rotatable bonds is 5. The number of nitrogens with two attached hydrogens (primary N) is 1. The number of nitrogens with zero attached hydrogens (tertiary/aromatic N) is 2. The van der Waals surface area contributed by atoms with Gasteiger partial charge in [0.2, 0.25) is 0 Å². The number of carbonyl (C=O) groups is 1. The first-order valence-corrected chi connectivity index (χ1v) is 5.90. The van der Waals surface area contributed by atoms with Crippen molar-refractivity contribution in [3.63, 3.8) is 0 Å². The summed E-state index contributed by atoms with van der Waals surface area (Å²) in [5, 5.41) is 9.48. The molecule has 0 bridgehead atoms. The van der Waals surface area contributed by atoms with E-state index in [2.05, 4.69) is 4.90 Å². The van der Waals surface area contributed by atoms with E-state index in [1.807, 2.05) is 14.1 Å². The molecule has 0 aliphatic heterocycles. The molecule has 0 aliphatic carbocycles. The van der Waals surface area contributed by atoms with Crippen LogP contribution in [-0.4, -0.2) is 55.0 Å². The summed E-state index contributed by atoms with van der Waals surface area (Å²) in [5.74, 6) is -0.161. The quantitative estimate of drug-likeness (QED) is 0.605. The van der Waals surface area contributed by atoms with Crippen LogP contribution in [-0.2, 0) is 0 Å². The van der Waals surface area contributed by atoms with Gasteiger partial charge in [-0.3, -0.25) is 4.79 Å². The van der Waals surface area contributed by atoms with Crippen molar-refractivity contribution in [2.75, 3.05) is 40.0 Å². The van der Waals surface area contributed by atoms with E-state index in [-0.39, 0.29) is 17.3 Å². The molecular formula is C13H21N3O2. The number of carbonyl (C=O) groups excluding carboxylic acids is 1. The number of aromatic hydroxyl groups is 1. The third-order valence-corrected chi connectivity index (χ3v) is 2.72. The summed E-state index contributed by atoms with van der Waals surface area (Å²) < 4.78 is 0. The monoisotopic (exact) mass is 251 g/mol. The Balaban J connectivity index is 2.60. The highest BCUT2D eigenvalue weighted by atomic mass is 16.3. The lowest BCUT2D eigenvalue weighted by Crippen LogP contribution is -2.29. The fraction of sp³-hybridized carbons (Fsp3) is 0.462. The van der Waals surface area contributed by atoms with Crippen LogP contribution >= 0.6 is 0 Å². The summed E-state index contributed by atoms with van der Waals surface area (Å²) in [6.45, 7) is 1.62. The summed E-state index contributed by atoms with van der Waals surface area (Å²) in [4.78, 5) is 15.8. The highest BCUT2D eigenvalue weighted by Crippen LogP contribution is 2.21. The van der Waals surface area contributed by atoms with Crippen molar-refractivity contribution in [2.24, 2.45) is 0 Å². The van der Waals surface area contributed by atoms with Crippen LogP contribution in [0.4, 0.5) is 5.69 Å². The topological polar surface area (TPSA) is 69.8 Å². The minimum atomic E-state index is -0.107. The molecule has 5 nitrogen and oxygen atoms in total. The minimum absolute atomic E-state index is 0.0532. The van der Waals surface area contributed by atoms with E-state index in [9.17, 15) is 9.90 Å². The maximum absolute atomic E-state index is 12.0. The van der Waals surface area contributed by atoms with Crippen LogP contribution < -0.4 is 5.73 Å². The maximum atomic E-state index is 12.0. The van der Waals surface area contributed by atoms with Gasteiger partial charge in [-0.05, 0) is 45.3 Å². The van der Waals surface area contributed by atoms with Gasteiger partial charge in [0, 0.05) is 19.2 Å². The average molecular weight is 251 g/mol. The fourth-order valence-corrected chi connectivity index (χ4v) is 1.62. The minimum Gasteiger partial charge on any atom is -0.506 e. The summed E-state index contributed by atoms with van der Waals surface area (Å²) in [6, 6.07) is 4.57. The first kappa shape index (κ1) is 14.3. The molecule has 0 aromatic heterocycles. The largest absolute Gasteiger partial charge is 0.506 e. The Hall–Kier alpha value is -1.75. The molecule has 100 valence electrons. The van der Waals surface area contributed by atoms with Crippen LogP contribution in [0.15, 0.2) is 18.2 Å². The molecule has 3 N–H and O–H groups in total. The smallest absolute Gasteiger partial charge is 0.253 e. The average Bonchev–Trinajstić information content (AvgIpc) is 2.31. The molecule has 0 fully saturated rings. The molecule has 1 aromatic carbocycles. The number of benzene rings is 1. The number of phenolic OH excluding ortho intramolecular Hbond substituents is 1. The predicted molar refractivity (Wildman–Crippen MR) is 72.7 cm³/mol. The Kier molecular flexibility index (Phi) is 4.97. The number of phenols is 1. The first-order chi connectivity index (χ1) is 8.41. The van der Waals surface area contributed by atoms with Crippen LogP contribution in [0, 0.1) is 0 Å². The molecule has 0 saturated heterocycles. The Bertz CT molecular complexity index is 419. The second kappa shape index (κ2) is 6.26. The van der Waals surface area contributed by atoms with Crippen LogP contribution in [0.5, 0.6) is 5.75 Å². The van der Waals surface area contributed by atoms with Gasteiger partial charge in [-0.25, -0.2) is 0 Å². The summed E-state index contributed by atoms with van der Waals surface area (Å²) in [5.41, 5.74) is 6.23. The molecule has 0 heterocycles. The summed E-state index contributed by atoms with van der Waals surface area (Å²) >= 11 is 0. The van der Waals surface area contributed by atoms with Crippen LogP contribution in [0.3, 0.4) is 0 Å². The molecule has 1 rings (SSSR count). The number of amides is 1. The molecule has 0 saturated carbocycles. The first-order valence-electron chi connectivity index (χ1n) is 5.90. The van der Waals surface area contributed by atoms with Crippen molar-refractivity contribution in [1.82, 2.24) is 9.80 Å². The van der Waals surface area contributed by atoms with E-state index in [1.54, 1.807) is 18.0 Å². The van der Waals surface area contributed by atoms with Gasteiger partial charge in [0.25, 0.3) is 5.91 Å². The Morgan fingerprint density at radius 1 is 1.28 bits per heavy atom. The van der Waals surface area contributed by atoms with E-state index >= 15 is 0 Å². The lowest BCUT2D eigenvalue weighted by molar-refractivity contribution is 0.0790. The molecule has 5 heteroatoms. The molecular weight excluding hydrogens is 230 g/mol. The normalized spacial score (nSPS) is 10.7. The molecule has 0 atom stereocenters. The summed E-state index contributed by atoms with van der Waals surface area (Å²) in [7, 11) is 5.76. The van der Waals surface area contributed by atoms with Crippen molar-refractivity contribution in [3.05, 3.63) is 23.8 Å². The number of anilines is 1. The van der Waals surface area contributed by atoms with Crippen LogP contribution in [0.1, 0.15) is 16.8 Å². The third kappa shape index (κ3) is 3.92. The number of hydrogen-bond donors (Lipinski definition) is 2. The Morgan fingerprint density at radius 2 is 1.94 bits per heavy atom. The van der Waals surface area contributed by atoms with Gasteiger partial charge in [-0.2, -0.15) is 0 Å². The van der Waals surface area contributed by atoms with Crippen LogP contribution in [0.25, 0.3) is 0 Å². The highest BCUT2D eigenvalue weighted by molar-refractivity contribution is 5.95. The van der Waals surface area contributed by atoms with E-state index in [4.69, 9.17) is 5.73 Å². The highest BCUT2D eigenvalue weighted by Gasteiger charge is 2.12. The van der Waals surface area contributed by atoms with Gasteiger partial charge in [-0.1, -0.05) is 0 Å². The van der Waals surface area contributed by atoms with Gasteiger partial charge in [0.15, 0.2) is 0 Å². The lowest BCUT2D eigenvalue weighted by Gasteiger charge is -2.18. The Labute approximate surface area is 108 Å².